The molecule has 2 aromatic heterocycles. The lowest BCUT2D eigenvalue weighted by molar-refractivity contribution is -0.764. The molecule has 208 valence electrons. The SMILES string of the molecule is CCC1(C)c2ccccc2-c2n(-c3c(CC(C)C)cc4oc5ccccc5c4c3CC(C)C)cc[n+]2C1(C)CC. The van der Waals surface area contributed by atoms with Gasteiger partial charge in [-0.15, -0.1) is 0 Å². The molecule has 3 heteroatoms. The molecule has 0 saturated heterocycles. The van der Waals surface area contributed by atoms with Gasteiger partial charge in [0.25, 0.3) is 5.82 Å². The van der Waals surface area contributed by atoms with Crippen LogP contribution in [0.4, 0.5) is 0 Å². The summed E-state index contributed by atoms with van der Waals surface area (Å²) in [4.78, 5) is 0. The first-order valence-electron chi connectivity index (χ1n) is 15.3. The van der Waals surface area contributed by atoms with E-state index in [4.69, 9.17) is 4.42 Å². The van der Waals surface area contributed by atoms with Gasteiger partial charge in [-0.1, -0.05) is 84.9 Å². The quantitative estimate of drug-likeness (QED) is 0.191. The largest absolute Gasteiger partial charge is 0.456 e. The van der Waals surface area contributed by atoms with E-state index < -0.39 is 0 Å². The van der Waals surface area contributed by atoms with E-state index in [1.807, 2.05) is 0 Å². The van der Waals surface area contributed by atoms with E-state index in [1.165, 1.54) is 44.5 Å². The van der Waals surface area contributed by atoms with Crippen molar-refractivity contribution >= 4 is 21.9 Å². The van der Waals surface area contributed by atoms with Gasteiger partial charge in [-0.05, 0) is 68.2 Å². The maximum Gasteiger partial charge on any atom is 0.294 e. The maximum absolute atomic E-state index is 6.52. The van der Waals surface area contributed by atoms with Gasteiger partial charge in [-0.3, -0.25) is 0 Å². The summed E-state index contributed by atoms with van der Waals surface area (Å²) < 4.78 is 11.7. The van der Waals surface area contributed by atoms with Crippen molar-refractivity contribution in [1.29, 1.82) is 0 Å². The van der Waals surface area contributed by atoms with Crippen LogP contribution < -0.4 is 4.57 Å². The molecule has 0 amide bonds. The maximum atomic E-state index is 6.52. The highest BCUT2D eigenvalue weighted by Gasteiger charge is 2.55. The summed E-state index contributed by atoms with van der Waals surface area (Å²) in [6, 6.07) is 20.1. The van der Waals surface area contributed by atoms with Crippen LogP contribution in [0.25, 0.3) is 39.0 Å². The molecule has 3 nitrogen and oxygen atoms in total. The van der Waals surface area contributed by atoms with Crippen molar-refractivity contribution in [3.8, 4) is 17.1 Å². The molecule has 0 spiro atoms. The van der Waals surface area contributed by atoms with E-state index in [0.29, 0.717) is 11.8 Å². The summed E-state index contributed by atoms with van der Waals surface area (Å²) in [5.41, 5.74) is 8.93. The van der Waals surface area contributed by atoms with Gasteiger partial charge in [0.05, 0.1) is 5.56 Å². The predicted molar refractivity (Wildman–Crippen MR) is 167 cm³/mol. The zero-order valence-electron chi connectivity index (χ0n) is 25.6. The Kier molecular flexibility index (Phi) is 6.48. The van der Waals surface area contributed by atoms with Crippen molar-refractivity contribution in [2.45, 2.75) is 92.0 Å². The fraction of sp³-hybridized carbons (Fsp3) is 0.432. The Morgan fingerprint density at radius 1 is 0.850 bits per heavy atom. The van der Waals surface area contributed by atoms with Gasteiger partial charge in [0.15, 0.2) is 0 Å². The molecule has 5 aromatic rings. The van der Waals surface area contributed by atoms with E-state index in [1.54, 1.807) is 0 Å². The minimum absolute atomic E-state index is 0.0361. The fourth-order valence-corrected chi connectivity index (χ4v) is 7.59. The van der Waals surface area contributed by atoms with Crippen LogP contribution in [-0.2, 0) is 23.8 Å². The third kappa shape index (κ3) is 3.73. The number of nitrogens with zero attached hydrogens (tertiary/aromatic N) is 2. The Morgan fingerprint density at radius 3 is 2.25 bits per heavy atom. The number of hydrogen-bond donors (Lipinski definition) is 0. The molecular formula is C37H45N2O+. The van der Waals surface area contributed by atoms with Crippen molar-refractivity contribution in [3.05, 3.63) is 83.7 Å². The van der Waals surface area contributed by atoms with Crippen LogP contribution in [0.5, 0.6) is 0 Å². The molecule has 1 aliphatic rings. The standard InChI is InChI=1S/C37H45N2O/c1-9-36(7)30-17-13-11-15-27(30)35-38(19-20-39(35)37(36,8)10-2)34-26(21-24(3)4)23-32-33(29(34)22-25(5)6)28-16-12-14-18-31(28)40-32/h11-20,23-25H,9-10,21-22H2,1-8H3/q+1. The van der Waals surface area contributed by atoms with E-state index in [0.717, 1.165) is 36.8 Å². The minimum atomic E-state index is -0.0421. The topological polar surface area (TPSA) is 21.9 Å². The van der Waals surface area contributed by atoms with Gasteiger partial charge in [-0.2, -0.15) is 4.57 Å². The minimum Gasteiger partial charge on any atom is -0.456 e. The number of hydrogen-bond acceptors (Lipinski definition) is 1. The summed E-state index contributed by atoms with van der Waals surface area (Å²) in [6.07, 6.45) is 8.87. The predicted octanol–water partition coefficient (Wildman–Crippen LogP) is 9.53. The Hall–Kier alpha value is -3.33. The lowest BCUT2D eigenvalue weighted by Crippen LogP contribution is -2.67. The molecule has 0 fully saturated rings. The van der Waals surface area contributed by atoms with Crippen LogP contribution in [-0.4, -0.2) is 4.57 Å². The zero-order valence-corrected chi connectivity index (χ0v) is 25.6. The van der Waals surface area contributed by atoms with Crippen LogP contribution >= 0.6 is 0 Å². The number of para-hydroxylation sites is 1. The number of benzene rings is 3. The van der Waals surface area contributed by atoms with Gasteiger partial charge >= 0.3 is 0 Å². The van der Waals surface area contributed by atoms with E-state index >= 15 is 0 Å². The van der Waals surface area contributed by atoms with Gasteiger partial charge in [0.1, 0.15) is 34.8 Å². The lowest BCUT2D eigenvalue weighted by atomic mass is 9.61. The normalized spacial score (nSPS) is 20.6. The lowest BCUT2D eigenvalue weighted by Gasteiger charge is -2.47. The first kappa shape index (κ1) is 26.9. The van der Waals surface area contributed by atoms with Crippen LogP contribution in [0.2, 0.25) is 0 Å². The van der Waals surface area contributed by atoms with Crippen LogP contribution in [0.15, 0.2) is 71.4 Å². The van der Waals surface area contributed by atoms with E-state index in [2.05, 4.69) is 132 Å². The highest BCUT2D eigenvalue weighted by Crippen LogP contribution is 2.50. The fourth-order valence-electron chi connectivity index (χ4n) is 7.59. The smallest absolute Gasteiger partial charge is 0.294 e. The van der Waals surface area contributed by atoms with Crippen molar-refractivity contribution in [2.75, 3.05) is 0 Å². The Balaban J connectivity index is 1.76. The van der Waals surface area contributed by atoms with Crippen molar-refractivity contribution in [1.82, 2.24) is 4.57 Å². The average Bonchev–Trinajstić information content (AvgIpc) is 3.53. The average molecular weight is 534 g/mol. The molecule has 6 rings (SSSR count). The van der Waals surface area contributed by atoms with Gasteiger partial charge in [0.2, 0.25) is 0 Å². The summed E-state index contributed by atoms with van der Waals surface area (Å²) in [5, 5.41) is 2.50. The number of furan rings is 1. The second-order valence-electron chi connectivity index (χ2n) is 13.3. The molecule has 3 heterocycles. The Morgan fingerprint density at radius 2 is 1.55 bits per heavy atom. The number of rotatable bonds is 7. The molecule has 3 aromatic carbocycles. The Labute approximate surface area is 239 Å². The summed E-state index contributed by atoms with van der Waals surface area (Å²) >= 11 is 0. The molecule has 0 radical (unpaired) electrons. The van der Waals surface area contributed by atoms with Crippen molar-refractivity contribution in [3.63, 3.8) is 0 Å². The van der Waals surface area contributed by atoms with Gasteiger partial charge < -0.3 is 4.42 Å². The molecule has 1 aliphatic heterocycles. The molecule has 2 atom stereocenters. The van der Waals surface area contributed by atoms with Crippen LogP contribution in [0, 0.1) is 11.8 Å². The van der Waals surface area contributed by atoms with E-state index in [9.17, 15) is 0 Å². The van der Waals surface area contributed by atoms with Crippen molar-refractivity contribution < 1.29 is 8.98 Å². The van der Waals surface area contributed by atoms with Gasteiger partial charge in [-0.25, -0.2) is 4.57 Å². The number of imidazole rings is 1. The first-order chi connectivity index (χ1) is 19.1. The summed E-state index contributed by atoms with van der Waals surface area (Å²) in [7, 11) is 0. The molecule has 0 saturated carbocycles. The second kappa shape index (κ2) is 9.65. The van der Waals surface area contributed by atoms with Crippen LogP contribution in [0.1, 0.15) is 84.9 Å². The molecule has 0 N–H and O–H groups in total. The monoisotopic (exact) mass is 533 g/mol. The highest BCUT2D eigenvalue weighted by atomic mass is 16.3. The number of aromatic nitrogens is 2. The molecule has 0 bridgehead atoms. The number of fused-ring (bicyclic) bond motifs is 6. The third-order valence-corrected chi connectivity index (χ3v) is 10.0. The van der Waals surface area contributed by atoms with E-state index in [-0.39, 0.29) is 11.0 Å². The van der Waals surface area contributed by atoms with Crippen LogP contribution in [0.3, 0.4) is 0 Å². The van der Waals surface area contributed by atoms with Gasteiger partial charge in [0, 0.05) is 27.3 Å². The first-order valence-corrected chi connectivity index (χ1v) is 15.3. The summed E-state index contributed by atoms with van der Waals surface area (Å²) in [6.45, 7) is 19.0. The van der Waals surface area contributed by atoms with Crippen molar-refractivity contribution in [2.24, 2.45) is 11.8 Å². The Bertz CT molecular complexity index is 1720. The third-order valence-electron chi connectivity index (χ3n) is 10.0. The highest BCUT2D eigenvalue weighted by molar-refractivity contribution is 6.08. The molecule has 2 unspecified atom stereocenters. The molecule has 40 heavy (non-hydrogen) atoms. The molecular weight excluding hydrogens is 488 g/mol. The second-order valence-corrected chi connectivity index (χ2v) is 13.3. The molecule has 0 aliphatic carbocycles. The zero-order chi connectivity index (χ0) is 28.4. The summed E-state index contributed by atoms with van der Waals surface area (Å²) in [5.74, 6) is 2.34.